The molecule has 2 rings (SSSR count). The Morgan fingerprint density at radius 1 is 1.28 bits per heavy atom. The SMILES string of the molecule is Cc1cc(C(=O)O)c(C)n1CC1C(C)(C)C1(C)C. The average molecular weight is 249 g/mol. The third-order valence-corrected chi connectivity index (χ3v) is 5.49. The molecule has 0 spiro atoms. The van der Waals surface area contributed by atoms with Crippen molar-refractivity contribution in [1.29, 1.82) is 0 Å². The van der Waals surface area contributed by atoms with E-state index in [0.717, 1.165) is 17.9 Å². The van der Waals surface area contributed by atoms with Gasteiger partial charge in [0.05, 0.1) is 5.56 Å². The van der Waals surface area contributed by atoms with Gasteiger partial charge in [0, 0.05) is 17.9 Å². The van der Waals surface area contributed by atoms with Crippen LogP contribution in [0.5, 0.6) is 0 Å². The summed E-state index contributed by atoms with van der Waals surface area (Å²) >= 11 is 0. The zero-order valence-electron chi connectivity index (χ0n) is 12.2. The molecule has 1 aromatic heterocycles. The van der Waals surface area contributed by atoms with Gasteiger partial charge >= 0.3 is 5.97 Å². The van der Waals surface area contributed by atoms with E-state index in [2.05, 4.69) is 32.3 Å². The number of carboxylic acid groups (broad SMARTS) is 1. The lowest BCUT2D eigenvalue weighted by Gasteiger charge is -2.10. The fourth-order valence-electron chi connectivity index (χ4n) is 3.27. The Balaban J connectivity index is 2.30. The number of rotatable bonds is 3. The van der Waals surface area contributed by atoms with E-state index in [-0.39, 0.29) is 0 Å². The first kappa shape index (κ1) is 13.2. The molecule has 1 aliphatic carbocycles. The molecule has 0 unspecified atom stereocenters. The minimum atomic E-state index is -0.830. The summed E-state index contributed by atoms with van der Waals surface area (Å²) in [4.78, 5) is 11.1. The largest absolute Gasteiger partial charge is 0.478 e. The van der Waals surface area contributed by atoms with Crippen molar-refractivity contribution in [1.82, 2.24) is 4.57 Å². The van der Waals surface area contributed by atoms with E-state index in [1.54, 1.807) is 6.07 Å². The molecule has 1 N–H and O–H groups in total. The Kier molecular flexibility index (Phi) is 2.66. The maximum atomic E-state index is 11.1. The lowest BCUT2D eigenvalue weighted by atomic mass is 10.0. The number of aryl methyl sites for hydroxylation is 1. The Morgan fingerprint density at radius 3 is 2.11 bits per heavy atom. The van der Waals surface area contributed by atoms with Crippen LogP contribution in [0.3, 0.4) is 0 Å². The highest BCUT2D eigenvalue weighted by atomic mass is 16.4. The summed E-state index contributed by atoms with van der Waals surface area (Å²) < 4.78 is 2.16. The van der Waals surface area contributed by atoms with Crippen LogP contribution in [0.15, 0.2) is 6.07 Å². The van der Waals surface area contributed by atoms with Crippen LogP contribution in [0.25, 0.3) is 0 Å². The summed E-state index contributed by atoms with van der Waals surface area (Å²) in [6.45, 7) is 14.0. The van der Waals surface area contributed by atoms with Crippen molar-refractivity contribution >= 4 is 5.97 Å². The van der Waals surface area contributed by atoms with E-state index in [4.69, 9.17) is 5.11 Å². The second-order valence-corrected chi connectivity index (χ2v) is 6.70. The Morgan fingerprint density at radius 2 is 1.78 bits per heavy atom. The maximum Gasteiger partial charge on any atom is 0.337 e. The minimum absolute atomic E-state index is 0.333. The van der Waals surface area contributed by atoms with Gasteiger partial charge in [0.2, 0.25) is 0 Å². The van der Waals surface area contributed by atoms with E-state index in [1.807, 2.05) is 13.8 Å². The highest BCUT2D eigenvalue weighted by Crippen LogP contribution is 2.68. The fourth-order valence-corrected chi connectivity index (χ4v) is 3.27. The predicted molar refractivity (Wildman–Crippen MR) is 71.9 cm³/mol. The number of nitrogens with zero attached hydrogens (tertiary/aromatic N) is 1. The molecule has 0 bridgehead atoms. The van der Waals surface area contributed by atoms with Gasteiger partial charge in [0.25, 0.3) is 0 Å². The molecule has 1 fully saturated rings. The van der Waals surface area contributed by atoms with Crippen molar-refractivity contribution in [3.8, 4) is 0 Å². The second kappa shape index (κ2) is 3.62. The van der Waals surface area contributed by atoms with Gasteiger partial charge in [0.1, 0.15) is 0 Å². The molecule has 3 nitrogen and oxygen atoms in total. The Labute approximate surface area is 109 Å². The van der Waals surface area contributed by atoms with Gasteiger partial charge < -0.3 is 9.67 Å². The van der Waals surface area contributed by atoms with E-state index < -0.39 is 5.97 Å². The standard InChI is InChI=1S/C15H23NO2/c1-9-7-11(13(17)18)10(2)16(9)8-12-14(3,4)15(12,5)6/h7,12H,8H2,1-6H3,(H,17,18). The Hall–Kier alpha value is -1.25. The van der Waals surface area contributed by atoms with Gasteiger partial charge in [-0.1, -0.05) is 27.7 Å². The van der Waals surface area contributed by atoms with E-state index >= 15 is 0 Å². The molecule has 1 heterocycles. The van der Waals surface area contributed by atoms with E-state index in [9.17, 15) is 4.79 Å². The predicted octanol–water partition coefficient (Wildman–Crippen LogP) is 3.49. The molecule has 1 aromatic rings. The molecule has 3 heteroatoms. The number of carboxylic acids is 1. The number of aromatic carboxylic acids is 1. The highest BCUT2D eigenvalue weighted by Gasteiger charge is 2.64. The molecule has 0 saturated heterocycles. The molecule has 1 aliphatic rings. The van der Waals surface area contributed by atoms with Crippen LogP contribution in [-0.4, -0.2) is 15.6 Å². The molecule has 0 atom stereocenters. The minimum Gasteiger partial charge on any atom is -0.478 e. The quantitative estimate of drug-likeness (QED) is 0.891. The van der Waals surface area contributed by atoms with E-state index in [0.29, 0.717) is 22.3 Å². The third kappa shape index (κ3) is 1.60. The second-order valence-electron chi connectivity index (χ2n) is 6.70. The van der Waals surface area contributed by atoms with E-state index in [1.165, 1.54) is 0 Å². The Bertz CT molecular complexity index is 495. The van der Waals surface area contributed by atoms with Crippen molar-refractivity contribution in [3.05, 3.63) is 23.0 Å². The fraction of sp³-hybridized carbons (Fsp3) is 0.667. The summed E-state index contributed by atoms with van der Waals surface area (Å²) in [6.07, 6.45) is 0. The van der Waals surface area contributed by atoms with Gasteiger partial charge in [-0.2, -0.15) is 0 Å². The summed E-state index contributed by atoms with van der Waals surface area (Å²) in [6, 6.07) is 1.78. The molecule has 0 amide bonds. The van der Waals surface area contributed by atoms with Crippen molar-refractivity contribution in [2.75, 3.05) is 0 Å². The topological polar surface area (TPSA) is 42.2 Å². The van der Waals surface area contributed by atoms with Crippen LogP contribution >= 0.6 is 0 Å². The van der Waals surface area contributed by atoms with Crippen LogP contribution in [0.2, 0.25) is 0 Å². The summed E-state index contributed by atoms with van der Waals surface area (Å²) in [5.41, 5.74) is 3.02. The first-order valence-electron chi connectivity index (χ1n) is 6.50. The smallest absolute Gasteiger partial charge is 0.337 e. The molecule has 0 aliphatic heterocycles. The normalized spacial score (nSPS) is 21.0. The lowest BCUT2D eigenvalue weighted by molar-refractivity contribution is 0.0696. The molecule has 1 saturated carbocycles. The number of hydrogen-bond acceptors (Lipinski definition) is 1. The molecular weight excluding hydrogens is 226 g/mol. The zero-order valence-corrected chi connectivity index (χ0v) is 12.2. The first-order valence-corrected chi connectivity index (χ1v) is 6.50. The van der Waals surface area contributed by atoms with Crippen molar-refractivity contribution in [2.24, 2.45) is 16.7 Å². The van der Waals surface area contributed by atoms with Crippen molar-refractivity contribution in [3.63, 3.8) is 0 Å². The van der Waals surface area contributed by atoms with Crippen LogP contribution < -0.4 is 0 Å². The molecule has 18 heavy (non-hydrogen) atoms. The molecule has 0 aromatic carbocycles. The zero-order chi connectivity index (χ0) is 13.9. The number of hydrogen-bond donors (Lipinski definition) is 1. The first-order chi connectivity index (χ1) is 8.10. The maximum absolute atomic E-state index is 11.1. The van der Waals surface area contributed by atoms with Gasteiger partial charge in [-0.05, 0) is 36.7 Å². The summed E-state index contributed by atoms with van der Waals surface area (Å²) in [5, 5.41) is 9.15. The number of carbonyl (C=O) groups is 1. The van der Waals surface area contributed by atoms with Crippen molar-refractivity contribution in [2.45, 2.75) is 48.1 Å². The molecular formula is C15H23NO2. The van der Waals surface area contributed by atoms with Crippen LogP contribution in [0.1, 0.15) is 49.4 Å². The van der Waals surface area contributed by atoms with Crippen LogP contribution in [0.4, 0.5) is 0 Å². The lowest BCUT2D eigenvalue weighted by Crippen LogP contribution is -2.09. The van der Waals surface area contributed by atoms with Crippen LogP contribution in [0, 0.1) is 30.6 Å². The van der Waals surface area contributed by atoms with Gasteiger partial charge in [0.15, 0.2) is 0 Å². The van der Waals surface area contributed by atoms with Gasteiger partial charge in [-0.25, -0.2) is 4.79 Å². The number of aromatic nitrogens is 1. The van der Waals surface area contributed by atoms with Gasteiger partial charge in [-0.15, -0.1) is 0 Å². The summed E-state index contributed by atoms with van der Waals surface area (Å²) in [7, 11) is 0. The molecule has 100 valence electrons. The highest BCUT2D eigenvalue weighted by molar-refractivity contribution is 5.89. The average Bonchev–Trinajstić information content (AvgIpc) is 2.51. The monoisotopic (exact) mass is 249 g/mol. The van der Waals surface area contributed by atoms with Crippen molar-refractivity contribution < 1.29 is 9.90 Å². The third-order valence-electron chi connectivity index (χ3n) is 5.49. The van der Waals surface area contributed by atoms with Gasteiger partial charge in [-0.3, -0.25) is 0 Å². The van der Waals surface area contributed by atoms with Crippen LogP contribution in [-0.2, 0) is 6.54 Å². The molecule has 0 radical (unpaired) electrons. The summed E-state index contributed by atoms with van der Waals surface area (Å²) in [5.74, 6) is -0.222.